The first kappa shape index (κ1) is 22.7. The summed E-state index contributed by atoms with van der Waals surface area (Å²) < 4.78 is 16.3. The van der Waals surface area contributed by atoms with Gasteiger partial charge in [0.1, 0.15) is 5.01 Å². The average molecular weight is 484 g/mol. The first-order valence-electron chi connectivity index (χ1n) is 9.90. The fourth-order valence-electron chi connectivity index (χ4n) is 2.85. The number of hydrogen-bond acceptors (Lipinski definition) is 10. The minimum absolute atomic E-state index is 0.252. The molecule has 0 saturated heterocycles. The van der Waals surface area contributed by atoms with E-state index in [0.29, 0.717) is 44.9 Å². The normalized spacial score (nSPS) is 10.8. The molecule has 2 aromatic carbocycles. The van der Waals surface area contributed by atoms with Crippen LogP contribution in [0.25, 0.3) is 11.5 Å². The summed E-state index contributed by atoms with van der Waals surface area (Å²) in [7, 11) is 3.14. The number of carbonyl (C=O) groups is 1. The van der Waals surface area contributed by atoms with E-state index in [9.17, 15) is 4.79 Å². The lowest BCUT2D eigenvalue weighted by atomic mass is 10.1. The molecule has 0 aliphatic carbocycles. The molecule has 1 amide bonds. The molecule has 0 aliphatic rings. The first-order chi connectivity index (χ1) is 16.1. The Bertz CT molecular complexity index is 1240. The van der Waals surface area contributed by atoms with Crippen LogP contribution in [0.3, 0.4) is 0 Å². The van der Waals surface area contributed by atoms with Gasteiger partial charge in [-0.15, -0.1) is 20.4 Å². The molecule has 2 aromatic heterocycles. The maximum Gasteiger partial charge on any atom is 0.282 e. The van der Waals surface area contributed by atoms with Gasteiger partial charge in [-0.2, -0.15) is 0 Å². The Balaban J connectivity index is 1.33. The fraction of sp³-hybridized carbons (Fsp3) is 0.227. The molecule has 0 atom stereocenters. The van der Waals surface area contributed by atoms with Gasteiger partial charge in [0, 0.05) is 12.1 Å². The highest BCUT2D eigenvalue weighted by molar-refractivity contribution is 7.98. The molecule has 0 bridgehead atoms. The highest BCUT2D eigenvalue weighted by Gasteiger charge is 2.16. The lowest BCUT2D eigenvalue weighted by Gasteiger charge is -2.07. The molecule has 0 unspecified atom stereocenters. The summed E-state index contributed by atoms with van der Waals surface area (Å²) in [4.78, 5) is 12.4. The molecule has 1 N–H and O–H groups in total. The number of aromatic nitrogens is 4. The largest absolute Gasteiger partial charge is 0.493 e. The second-order valence-electron chi connectivity index (χ2n) is 6.90. The first-order valence-corrected chi connectivity index (χ1v) is 11.7. The molecule has 170 valence electrons. The fourth-order valence-corrected chi connectivity index (χ4v) is 4.35. The third kappa shape index (κ3) is 5.68. The standard InChI is InChI=1S/C22H21N5O4S2/c1-13-4-6-14(7-5-13)11-23-19(28)21-26-24-18(33-21)12-32-22-27-25-20(31-22)15-8-9-16(29-2)17(10-15)30-3/h4-10H,11-12H2,1-3H3,(H,23,28). The predicted octanol–water partition coefficient (Wildman–Crippen LogP) is 4.14. The van der Waals surface area contributed by atoms with E-state index in [1.54, 1.807) is 26.4 Å². The number of amides is 1. The van der Waals surface area contributed by atoms with Crippen molar-refractivity contribution in [2.75, 3.05) is 14.2 Å². The van der Waals surface area contributed by atoms with Crippen LogP contribution >= 0.6 is 23.1 Å². The van der Waals surface area contributed by atoms with Gasteiger partial charge in [-0.1, -0.05) is 52.9 Å². The van der Waals surface area contributed by atoms with Crippen LogP contribution in [0.2, 0.25) is 0 Å². The van der Waals surface area contributed by atoms with Crippen molar-refractivity contribution in [1.82, 2.24) is 25.7 Å². The molecule has 0 aliphatic heterocycles. The quantitative estimate of drug-likeness (QED) is 0.351. The van der Waals surface area contributed by atoms with Crippen molar-refractivity contribution in [3.05, 3.63) is 63.6 Å². The molecule has 33 heavy (non-hydrogen) atoms. The molecule has 0 saturated carbocycles. The van der Waals surface area contributed by atoms with Crippen LogP contribution in [0.15, 0.2) is 52.1 Å². The van der Waals surface area contributed by atoms with Gasteiger partial charge in [-0.3, -0.25) is 4.79 Å². The van der Waals surface area contributed by atoms with Crippen LogP contribution in [-0.4, -0.2) is 40.5 Å². The second kappa shape index (κ2) is 10.5. The van der Waals surface area contributed by atoms with E-state index >= 15 is 0 Å². The molecule has 0 spiro atoms. The summed E-state index contributed by atoms with van der Waals surface area (Å²) in [5, 5.41) is 20.5. The Morgan fingerprint density at radius 1 is 1.03 bits per heavy atom. The Labute approximate surface area is 198 Å². The Morgan fingerprint density at radius 3 is 2.58 bits per heavy atom. The minimum Gasteiger partial charge on any atom is -0.493 e. The number of nitrogens with zero attached hydrogens (tertiary/aromatic N) is 4. The molecular weight excluding hydrogens is 462 g/mol. The maximum atomic E-state index is 12.4. The van der Waals surface area contributed by atoms with Crippen molar-refractivity contribution in [3.8, 4) is 23.0 Å². The second-order valence-corrected chi connectivity index (χ2v) is 8.89. The molecule has 4 aromatic rings. The Hall–Kier alpha value is -3.44. The smallest absolute Gasteiger partial charge is 0.282 e. The van der Waals surface area contributed by atoms with Crippen LogP contribution < -0.4 is 14.8 Å². The van der Waals surface area contributed by atoms with Gasteiger partial charge in [0.15, 0.2) is 11.5 Å². The Kier molecular flexibility index (Phi) is 7.20. The minimum atomic E-state index is -0.252. The summed E-state index contributed by atoms with van der Waals surface area (Å²) in [5.74, 6) is 1.76. The zero-order chi connectivity index (χ0) is 23.2. The van der Waals surface area contributed by atoms with Gasteiger partial charge in [0.25, 0.3) is 11.1 Å². The van der Waals surface area contributed by atoms with E-state index in [1.165, 1.54) is 28.7 Å². The number of aryl methyl sites for hydroxylation is 1. The maximum absolute atomic E-state index is 12.4. The lowest BCUT2D eigenvalue weighted by molar-refractivity contribution is 0.0950. The Morgan fingerprint density at radius 2 is 1.82 bits per heavy atom. The van der Waals surface area contributed by atoms with Crippen molar-refractivity contribution in [2.45, 2.75) is 24.4 Å². The van der Waals surface area contributed by atoms with Gasteiger partial charge in [0.2, 0.25) is 10.9 Å². The highest BCUT2D eigenvalue weighted by atomic mass is 32.2. The monoisotopic (exact) mass is 483 g/mol. The van der Waals surface area contributed by atoms with Crippen molar-refractivity contribution >= 4 is 29.0 Å². The molecule has 0 fully saturated rings. The lowest BCUT2D eigenvalue weighted by Crippen LogP contribution is -2.22. The van der Waals surface area contributed by atoms with Gasteiger partial charge in [-0.25, -0.2) is 0 Å². The van der Waals surface area contributed by atoms with Crippen LogP contribution in [0, 0.1) is 6.92 Å². The van der Waals surface area contributed by atoms with Gasteiger partial charge in [-0.05, 0) is 30.7 Å². The topological polar surface area (TPSA) is 112 Å². The molecule has 9 nitrogen and oxygen atoms in total. The summed E-state index contributed by atoms with van der Waals surface area (Å²) in [6, 6.07) is 13.4. The van der Waals surface area contributed by atoms with E-state index in [-0.39, 0.29) is 5.91 Å². The van der Waals surface area contributed by atoms with Crippen molar-refractivity contribution in [3.63, 3.8) is 0 Å². The van der Waals surface area contributed by atoms with Crippen molar-refractivity contribution in [1.29, 1.82) is 0 Å². The third-order valence-corrected chi connectivity index (χ3v) is 6.53. The van der Waals surface area contributed by atoms with Gasteiger partial charge in [0.05, 0.1) is 20.0 Å². The number of nitrogens with one attached hydrogen (secondary N) is 1. The molecule has 4 rings (SSSR count). The summed E-state index contributed by atoms with van der Waals surface area (Å²) in [6.45, 7) is 2.46. The van der Waals surface area contributed by atoms with Crippen LogP contribution in [0.4, 0.5) is 0 Å². The summed E-state index contributed by atoms with van der Waals surface area (Å²) in [6.07, 6.45) is 0. The molecular formula is C22H21N5O4S2. The number of rotatable bonds is 9. The van der Waals surface area contributed by atoms with Crippen LogP contribution in [0.1, 0.15) is 25.9 Å². The number of methoxy groups -OCH3 is 2. The van der Waals surface area contributed by atoms with Crippen molar-refractivity contribution in [2.24, 2.45) is 0 Å². The zero-order valence-electron chi connectivity index (χ0n) is 18.2. The van der Waals surface area contributed by atoms with Crippen molar-refractivity contribution < 1.29 is 18.7 Å². The van der Waals surface area contributed by atoms with E-state index in [4.69, 9.17) is 13.9 Å². The van der Waals surface area contributed by atoms with E-state index in [0.717, 1.165) is 11.1 Å². The predicted molar refractivity (Wildman–Crippen MR) is 125 cm³/mol. The molecule has 11 heteroatoms. The number of hydrogen-bond donors (Lipinski definition) is 1. The SMILES string of the molecule is COc1ccc(-c2nnc(SCc3nnc(C(=O)NCc4ccc(C)cc4)s3)o2)cc1OC. The number of thioether (sulfide) groups is 1. The number of benzene rings is 2. The van der Waals surface area contributed by atoms with Crippen LogP contribution in [-0.2, 0) is 12.3 Å². The summed E-state index contributed by atoms with van der Waals surface area (Å²) in [5.41, 5.74) is 2.92. The molecule has 2 heterocycles. The summed E-state index contributed by atoms with van der Waals surface area (Å²) >= 11 is 2.56. The average Bonchev–Trinajstić information content (AvgIpc) is 3.51. The zero-order valence-corrected chi connectivity index (χ0v) is 19.8. The van der Waals surface area contributed by atoms with E-state index < -0.39 is 0 Å². The number of ether oxygens (including phenoxy) is 2. The van der Waals surface area contributed by atoms with E-state index in [1.807, 2.05) is 37.3 Å². The molecule has 0 radical (unpaired) electrons. The highest BCUT2D eigenvalue weighted by Crippen LogP contribution is 2.33. The van der Waals surface area contributed by atoms with Crippen LogP contribution in [0.5, 0.6) is 11.5 Å². The third-order valence-electron chi connectivity index (χ3n) is 4.59. The van der Waals surface area contributed by atoms with E-state index in [2.05, 4.69) is 25.7 Å². The van der Waals surface area contributed by atoms with Gasteiger partial charge < -0.3 is 19.2 Å². The number of carbonyl (C=O) groups excluding carboxylic acids is 1. The van der Waals surface area contributed by atoms with Gasteiger partial charge >= 0.3 is 0 Å².